The lowest BCUT2D eigenvalue weighted by Gasteiger charge is -2.11. The predicted molar refractivity (Wildman–Crippen MR) is 63.0 cm³/mol. The van der Waals surface area contributed by atoms with Gasteiger partial charge in [0.2, 0.25) is 0 Å². The normalized spacial score (nSPS) is 13.1. The minimum Gasteiger partial charge on any atom is -0.321 e. The molecule has 2 N–H and O–H groups in total. The molecule has 0 saturated heterocycles. The van der Waals surface area contributed by atoms with Crippen molar-refractivity contribution in [1.29, 1.82) is 0 Å². The van der Waals surface area contributed by atoms with E-state index in [1.54, 1.807) is 11.3 Å². The van der Waals surface area contributed by atoms with E-state index in [-0.39, 0.29) is 11.8 Å². The largest absolute Gasteiger partial charge is 0.321 e. The molecule has 0 aromatic carbocycles. The van der Waals surface area contributed by atoms with Crippen molar-refractivity contribution in [2.75, 3.05) is 0 Å². The fourth-order valence-corrected chi connectivity index (χ4v) is 2.05. The molecule has 1 aromatic rings. The number of aromatic nitrogens is 1. The lowest BCUT2D eigenvalue weighted by molar-refractivity contribution is -0.120. The second-order valence-corrected chi connectivity index (χ2v) is 5.30. The van der Waals surface area contributed by atoms with Gasteiger partial charge in [-0.1, -0.05) is 13.8 Å². The number of nitrogens with zero attached hydrogens (tertiary/aromatic N) is 1. The van der Waals surface area contributed by atoms with Crippen LogP contribution in [0.4, 0.5) is 0 Å². The quantitative estimate of drug-likeness (QED) is 0.834. The molecule has 0 aliphatic rings. The fourth-order valence-electron chi connectivity index (χ4n) is 1.44. The molecular formula is C11H18N2OS. The van der Waals surface area contributed by atoms with Crippen LogP contribution in [-0.2, 0) is 11.2 Å². The van der Waals surface area contributed by atoms with E-state index in [4.69, 9.17) is 5.73 Å². The Morgan fingerprint density at radius 3 is 2.73 bits per heavy atom. The molecule has 0 saturated carbocycles. The zero-order chi connectivity index (χ0) is 11.4. The summed E-state index contributed by atoms with van der Waals surface area (Å²) in [5.74, 6) is 0.551. The third-order valence-electron chi connectivity index (χ3n) is 2.16. The van der Waals surface area contributed by atoms with E-state index < -0.39 is 0 Å². The Bertz CT molecular complexity index is 333. The number of thiazole rings is 1. The van der Waals surface area contributed by atoms with Crippen molar-refractivity contribution in [3.05, 3.63) is 16.1 Å². The maximum Gasteiger partial charge on any atom is 0.155 e. The van der Waals surface area contributed by atoms with E-state index in [9.17, 15) is 4.79 Å². The highest BCUT2D eigenvalue weighted by atomic mass is 32.1. The van der Waals surface area contributed by atoms with Crippen molar-refractivity contribution in [2.24, 2.45) is 11.7 Å². The van der Waals surface area contributed by atoms with Crippen LogP contribution in [0.1, 0.15) is 31.0 Å². The molecule has 0 amide bonds. The minimum atomic E-state index is -0.341. The van der Waals surface area contributed by atoms with Gasteiger partial charge in [-0.15, -0.1) is 11.3 Å². The highest BCUT2D eigenvalue weighted by molar-refractivity contribution is 7.09. The van der Waals surface area contributed by atoms with Crippen molar-refractivity contribution in [1.82, 2.24) is 4.98 Å². The van der Waals surface area contributed by atoms with Gasteiger partial charge in [0.1, 0.15) is 0 Å². The molecule has 0 spiro atoms. The van der Waals surface area contributed by atoms with Gasteiger partial charge in [-0.05, 0) is 19.3 Å². The highest BCUT2D eigenvalue weighted by Gasteiger charge is 2.16. The molecule has 0 aliphatic heterocycles. The Morgan fingerprint density at radius 2 is 2.27 bits per heavy atom. The summed E-state index contributed by atoms with van der Waals surface area (Å²) in [5.41, 5.74) is 6.65. The van der Waals surface area contributed by atoms with Crippen LogP contribution in [0.25, 0.3) is 0 Å². The molecule has 0 aliphatic carbocycles. The van der Waals surface area contributed by atoms with E-state index in [0.717, 1.165) is 17.1 Å². The number of aryl methyl sites for hydroxylation is 1. The van der Waals surface area contributed by atoms with Gasteiger partial charge in [0.05, 0.1) is 23.2 Å². The monoisotopic (exact) mass is 226 g/mol. The van der Waals surface area contributed by atoms with Crippen LogP contribution in [0.3, 0.4) is 0 Å². The number of rotatable bonds is 5. The summed E-state index contributed by atoms with van der Waals surface area (Å²) >= 11 is 1.57. The summed E-state index contributed by atoms with van der Waals surface area (Å²) in [7, 11) is 0. The standard InChI is InChI=1S/C11H18N2OS/c1-7(2)4-10(12)11(14)5-9-6-15-8(3)13-9/h6-7,10H,4-5,12H2,1-3H3. The SMILES string of the molecule is Cc1nc(CC(=O)C(N)CC(C)C)cs1. The number of Topliss-reactive ketones (excluding diaryl/α,β-unsaturated/α-hetero) is 1. The van der Waals surface area contributed by atoms with Crippen LogP contribution in [0.5, 0.6) is 0 Å². The molecule has 4 heteroatoms. The zero-order valence-corrected chi connectivity index (χ0v) is 10.3. The van der Waals surface area contributed by atoms with Crippen LogP contribution < -0.4 is 5.73 Å². The van der Waals surface area contributed by atoms with E-state index in [0.29, 0.717) is 12.3 Å². The summed E-state index contributed by atoms with van der Waals surface area (Å²) in [6.45, 7) is 6.08. The number of carbonyl (C=O) groups is 1. The van der Waals surface area contributed by atoms with Gasteiger partial charge in [0, 0.05) is 5.38 Å². The molecule has 1 heterocycles. The molecule has 1 unspecified atom stereocenters. The molecular weight excluding hydrogens is 208 g/mol. The average Bonchev–Trinajstić information content (AvgIpc) is 2.50. The Kier molecular flexibility index (Phi) is 4.42. The predicted octanol–water partition coefficient (Wildman–Crippen LogP) is 1.94. The van der Waals surface area contributed by atoms with E-state index >= 15 is 0 Å². The lowest BCUT2D eigenvalue weighted by Crippen LogP contribution is -2.33. The highest BCUT2D eigenvalue weighted by Crippen LogP contribution is 2.11. The summed E-state index contributed by atoms with van der Waals surface area (Å²) in [4.78, 5) is 16.0. The molecule has 0 radical (unpaired) electrons. The van der Waals surface area contributed by atoms with Gasteiger partial charge in [-0.2, -0.15) is 0 Å². The van der Waals surface area contributed by atoms with Gasteiger partial charge in [0.15, 0.2) is 5.78 Å². The number of hydrogen-bond acceptors (Lipinski definition) is 4. The second-order valence-electron chi connectivity index (χ2n) is 4.24. The first-order valence-corrected chi connectivity index (χ1v) is 6.06. The Labute approximate surface area is 94.7 Å². The van der Waals surface area contributed by atoms with Crippen LogP contribution in [0, 0.1) is 12.8 Å². The van der Waals surface area contributed by atoms with E-state index in [2.05, 4.69) is 18.8 Å². The first-order chi connectivity index (χ1) is 6.99. The third kappa shape index (κ3) is 4.10. The molecule has 1 aromatic heterocycles. The topological polar surface area (TPSA) is 56.0 Å². The number of hydrogen-bond donors (Lipinski definition) is 1. The third-order valence-corrected chi connectivity index (χ3v) is 2.98. The molecule has 15 heavy (non-hydrogen) atoms. The van der Waals surface area contributed by atoms with Gasteiger partial charge in [-0.25, -0.2) is 4.98 Å². The summed E-state index contributed by atoms with van der Waals surface area (Å²) in [6, 6.07) is -0.341. The van der Waals surface area contributed by atoms with Crippen LogP contribution in [0.2, 0.25) is 0 Å². The maximum absolute atomic E-state index is 11.7. The summed E-state index contributed by atoms with van der Waals surface area (Å²) in [6.07, 6.45) is 1.13. The van der Waals surface area contributed by atoms with E-state index in [1.807, 2.05) is 12.3 Å². The van der Waals surface area contributed by atoms with E-state index in [1.165, 1.54) is 0 Å². The second kappa shape index (κ2) is 5.37. The fraction of sp³-hybridized carbons (Fsp3) is 0.636. The molecule has 0 bridgehead atoms. The van der Waals surface area contributed by atoms with Crippen molar-refractivity contribution >= 4 is 17.1 Å². The molecule has 1 atom stereocenters. The van der Waals surface area contributed by atoms with Crippen molar-refractivity contribution in [3.63, 3.8) is 0 Å². The summed E-state index contributed by atoms with van der Waals surface area (Å²) < 4.78 is 0. The van der Waals surface area contributed by atoms with Gasteiger partial charge < -0.3 is 5.73 Å². The first-order valence-electron chi connectivity index (χ1n) is 5.18. The number of nitrogens with two attached hydrogens (primary N) is 1. The summed E-state index contributed by atoms with van der Waals surface area (Å²) in [5, 5.41) is 2.92. The van der Waals surface area contributed by atoms with Gasteiger partial charge in [0.25, 0.3) is 0 Å². The van der Waals surface area contributed by atoms with Crippen LogP contribution in [0.15, 0.2) is 5.38 Å². The lowest BCUT2D eigenvalue weighted by atomic mass is 9.99. The van der Waals surface area contributed by atoms with Crippen molar-refractivity contribution < 1.29 is 4.79 Å². The minimum absolute atomic E-state index is 0.0917. The van der Waals surface area contributed by atoms with Gasteiger partial charge >= 0.3 is 0 Å². The maximum atomic E-state index is 11.7. The smallest absolute Gasteiger partial charge is 0.155 e. The number of ketones is 1. The van der Waals surface area contributed by atoms with Crippen molar-refractivity contribution in [3.8, 4) is 0 Å². The molecule has 84 valence electrons. The Balaban J connectivity index is 2.48. The first kappa shape index (κ1) is 12.3. The van der Waals surface area contributed by atoms with Gasteiger partial charge in [-0.3, -0.25) is 4.79 Å². The Hall–Kier alpha value is -0.740. The average molecular weight is 226 g/mol. The van der Waals surface area contributed by atoms with Crippen LogP contribution >= 0.6 is 11.3 Å². The molecule has 3 nitrogen and oxygen atoms in total. The van der Waals surface area contributed by atoms with Crippen molar-refractivity contribution in [2.45, 2.75) is 39.7 Å². The zero-order valence-electron chi connectivity index (χ0n) is 9.49. The van der Waals surface area contributed by atoms with Crippen LogP contribution in [-0.4, -0.2) is 16.8 Å². The Morgan fingerprint density at radius 1 is 1.60 bits per heavy atom. The number of carbonyl (C=O) groups excluding carboxylic acids is 1. The molecule has 0 fully saturated rings. The molecule has 1 rings (SSSR count).